The van der Waals surface area contributed by atoms with Crippen LogP contribution in [0.15, 0.2) is 83.3 Å². The molecule has 1 fully saturated rings. The van der Waals surface area contributed by atoms with Crippen molar-refractivity contribution in [2.45, 2.75) is 70.0 Å². The Morgan fingerprint density at radius 1 is 0.953 bits per heavy atom. The summed E-state index contributed by atoms with van der Waals surface area (Å²) in [6.07, 6.45) is 6.84. The molecular formula is C33H39BrFN3O4S. The number of nitrogens with zero attached hydrogens (tertiary/aromatic N) is 2. The molecule has 10 heteroatoms. The minimum atomic E-state index is -3.67. The highest BCUT2D eigenvalue weighted by molar-refractivity contribution is 9.10. The molecule has 3 aromatic rings. The van der Waals surface area contributed by atoms with E-state index in [-0.39, 0.29) is 43.8 Å². The Hall–Kier alpha value is -3.24. The van der Waals surface area contributed by atoms with Crippen LogP contribution in [0.1, 0.15) is 56.1 Å². The number of benzene rings is 3. The maximum absolute atomic E-state index is 14.0. The molecule has 2 amide bonds. The van der Waals surface area contributed by atoms with Crippen molar-refractivity contribution in [1.29, 1.82) is 0 Å². The number of sulfonamides is 1. The highest BCUT2D eigenvalue weighted by Gasteiger charge is 2.32. The molecule has 1 saturated carbocycles. The highest BCUT2D eigenvalue weighted by Crippen LogP contribution is 2.23. The second-order valence-electron chi connectivity index (χ2n) is 11.1. The van der Waals surface area contributed by atoms with Gasteiger partial charge in [-0.1, -0.05) is 77.7 Å². The summed E-state index contributed by atoms with van der Waals surface area (Å²) in [5.74, 6) is -0.887. The Labute approximate surface area is 262 Å². The van der Waals surface area contributed by atoms with E-state index in [0.29, 0.717) is 12.1 Å². The molecule has 1 aliphatic carbocycles. The predicted molar refractivity (Wildman–Crippen MR) is 171 cm³/mol. The molecule has 1 N–H and O–H groups in total. The average Bonchev–Trinajstić information content (AvgIpc) is 2.98. The first kappa shape index (κ1) is 32.7. The number of nitrogens with one attached hydrogen (secondary N) is 1. The number of hydrogen-bond donors (Lipinski definition) is 1. The molecule has 0 aliphatic heterocycles. The maximum Gasteiger partial charge on any atom is 0.243 e. The van der Waals surface area contributed by atoms with Crippen LogP contribution in [0.3, 0.4) is 0 Å². The Morgan fingerprint density at radius 2 is 1.63 bits per heavy atom. The van der Waals surface area contributed by atoms with Gasteiger partial charge in [0.2, 0.25) is 21.8 Å². The van der Waals surface area contributed by atoms with Crippen molar-refractivity contribution in [2.75, 3.05) is 17.1 Å². The highest BCUT2D eigenvalue weighted by atomic mass is 79.9. The third kappa shape index (κ3) is 9.89. The Balaban J connectivity index is 1.58. The second kappa shape index (κ2) is 15.5. The van der Waals surface area contributed by atoms with Crippen molar-refractivity contribution in [1.82, 2.24) is 10.2 Å². The van der Waals surface area contributed by atoms with Gasteiger partial charge >= 0.3 is 0 Å². The first-order chi connectivity index (χ1) is 20.6. The molecular weight excluding hydrogens is 633 g/mol. The molecule has 1 aliphatic rings. The summed E-state index contributed by atoms with van der Waals surface area (Å²) in [6.45, 7) is 0.264. The lowest BCUT2D eigenvalue weighted by Gasteiger charge is -2.34. The Bertz CT molecular complexity index is 1460. The molecule has 0 spiro atoms. The number of amides is 2. The van der Waals surface area contributed by atoms with E-state index in [2.05, 4.69) is 21.2 Å². The Morgan fingerprint density at radius 3 is 2.28 bits per heavy atom. The van der Waals surface area contributed by atoms with Gasteiger partial charge in [-0.2, -0.15) is 0 Å². The number of carbonyl (C=O) groups is 2. The van der Waals surface area contributed by atoms with Gasteiger partial charge in [-0.05, 0) is 66.8 Å². The lowest BCUT2D eigenvalue weighted by atomic mass is 9.94. The fourth-order valence-electron chi connectivity index (χ4n) is 5.54. The third-order valence-corrected chi connectivity index (χ3v) is 9.42. The van der Waals surface area contributed by atoms with Crippen LogP contribution in [0.4, 0.5) is 10.1 Å². The van der Waals surface area contributed by atoms with E-state index in [9.17, 15) is 22.4 Å². The van der Waals surface area contributed by atoms with E-state index < -0.39 is 21.9 Å². The zero-order valence-corrected chi connectivity index (χ0v) is 26.8. The van der Waals surface area contributed by atoms with Gasteiger partial charge in [-0.3, -0.25) is 13.9 Å². The fraction of sp³-hybridized carbons (Fsp3) is 0.394. The molecule has 0 aromatic heterocycles. The standard InChI is InChI=1S/C33H39BrFN3O4S/c1-43(41,42)38(30-19-17-28(35)18-20-30)21-9-16-32(39)37(24-26-12-8-13-27(34)22-26)31(23-25-10-4-2-5-11-25)33(40)36-29-14-6-3-7-15-29/h2,4-5,8,10-13,17-20,22,29,31H,3,6-7,9,14-16,21,23-24H2,1H3,(H,36,40)/t31-/m1/s1. The van der Waals surface area contributed by atoms with Crippen molar-refractivity contribution < 1.29 is 22.4 Å². The van der Waals surface area contributed by atoms with Crippen LogP contribution in [-0.4, -0.2) is 50.0 Å². The summed E-state index contributed by atoms with van der Waals surface area (Å²) in [5.41, 5.74) is 2.14. The maximum atomic E-state index is 14.0. The molecule has 0 heterocycles. The summed E-state index contributed by atoms with van der Waals surface area (Å²) in [5, 5.41) is 3.23. The van der Waals surface area contributed by atoms with Crippen molar-refractivity contribution in [3.8, 4) is 0 Å². The van der Waals surface area contributed by atoms with E-state index >= 15 is 0 Å². The van der Waals surface area contributed by atoms with E-state index in [1.807, 2.05) is 54.6 Å². The van der Waals surface area contributed by atoms with Gasteiger partial charge in [-0.25, -0.2) is 12.8 Å². The summed E-state index contributed by atoms with van der Waals surface area (Å²) < 4.78 is 40.7. The first-order valence-corrected chi connectivity index (χ1v) is 17.4. The molecule has 0 radical (unpaired) electrons. The third-order valence-electron chi connectivity index (χ3n) is 7.73. The number of rotatable bonds is 13. The average molecular weight is 673 g/mol. The van der Waals surface area contributed by atoms with Crippen molar-refractivity contribution >= 4 is 43.5 Å². The monoisotopic (exact) mass is 671 g/mol. The molecule has 3 aromatic carbocycles. The van der Waals surface area contributed by atoms with Crippen molar-refractivity contribution in [3.63, 3.8) is 0 Å². The van der Waals surface area contributed by atoms with E-state index in [1.54, 1.807) is 4.90 Å². The van der Waals surface area contributed by atoms with Gasteiger partial charge in [0.05, 0.1) is 11.9 Å². The zero-order valence-electron chi connectivity index (χ0n) is 24.4. The molecule has 0 bridgehead atoms. The lowest BCUT2D eigenvalue weighted by Crippen LogP contribution is -2.52. The quantitative estimate of drug-likeness (QED) is 0.234. The van der Waals surface area contributed by atoms with Crippen molar-refractivity contribution in [3.05, 3.63) is 100 Å². The van der Waals surface area contributed by atoms with Crippen LogP contribution in [0.25, 0.3) is 0 Å². The van der Waals surface area contributed by atoms with E-state index in [0.717, 1.165) is 54.0 Å². The fourth-order valence-corrected chi connectivity index (χ4v) is 6.95. The van der Waals surface area contributed by atoms with E-state index in [4.69, 9.17) is 0 Å². The molecule has 7 nitrogen and oxygen atoms in total. The summed E-state index contributed by atoms with van der Waals surface area (Å²) >= 11 is 3.51. The zero-order chi connectivity index (χ0) is 30.8. The number of halogens is 2. The van der Waals surface area contributed by atoms with E-state index in [1.165, 1.54) is 28.6 Å². The molecule has 0 saturated heterocycles. The summed E-state index contributed by atoms with van der Waals surface area (Å²) in [7, 11) is -3.67. The SMILES string of the molecule is CS(=O)(=O)N(CCCC(=O)N(Cc1cccc(Br)c1)[C@H](Cc1ccccc1)C(=O)NC1CCCCC1)c1ccc(F)cc1. The number of anilines is 1. The first-order valence-electron chi connectivity index (χ1n) is 14.7. The van der Waals surface area contributed by atoms with Crippen LogP contribution >= 0.6 is 15.9 Å². The lowest BCUT2D eigenvalue weighted by molar-refractivity contribution is -0.141. The summed E-state index contributed by atoms with van der Waals surface area (Å²) in [4.78, 5) is 29.5. The normalized spacial score (nSPS) is 14.6. The minimum absolute atomic E-state index is 0.0310. The molecule has 43 heavy (non-hydrogen) atoms. The molecule has 1 atom stereocenters. The van der Waals surface area contributed by atoms with Gasteiger partial charge < -0.3 is 10.2 Å². The smallest absolute Gasteiger partial charge is 0.243 e. The number of carbonyl (C=O) groups excluding carboxylic acids is 2. The molecule has 230 valence electrons. The largest absolute Gasteiger partial charge is 0.352 e. The van der Waals surface area contributed by atoms with Crippen LogP contribution in [-0.2, 0) is 32.6 Å². The molecule has 4 rings (SSSR count). The van der Waals surface area contributed by atoms with Gasteiger partial charge in [0.15, 0.2) is 0 Å². The number of hydrogen-bond acceptors (Lipinski definition) is 4. The van der Waals surface area contributed by atoms with Gasteiger partial charge in [0.25, 0.3) is 0 Å². The topological polar surface area (TPSA) is 86.8 Å². The second-order valence-corrected chi connectivity index (χ2v) is 13.9. The van der Waals surface area contributed by atoms with Gasteiger partial charge in [0, 0.05) is 36.4 Å². The van der Waals surface area contributed by atoms with Crippen LogP contribution in [0.5, 0.6) is 0 Å². The predicted octanol–water partition coefficient (Wildman–Crippen LogP) is 6.22. The van der Waals surface area contributed by atoms with Gasteiger partial charge in [0.1, 0.15) is 11.9 Å². The van der Waals surface area contributed by atoms with Crippen LogP contribution < -0.4 is 9.62 Å². The van der Waals surface area contributed by atoms with Gasteiger partial charge in [-0.15, -0.1) is 0 Å². The van der Waals surface area contributed by atoms with Crippen LogP contribution in [0, 0.1) is 5.82 Å². The Kier molecular flexibility index (Phi) is 11.8. The molecule has 0 unspecified atom stereocenters. The van der Waals surface area contributed by atoms with Crippen molar-refractivity contribution in [2.24, 2.45) is 0 Å². The minimum Gasteiger partial charge on any atom is -0.352 e. The summed E-state index contributed by atoms with van der Waals surface area (Å²) in [6, 6.07) is 21.9. The van der Waals surface area contributed by atoms with Crippen LogP contribution in [0.2, 0.25) is 0 Å².